The average Bonchev–Trinajstić information content (AvgIpc) is 2.68. The molecule has 27 heavy (non-hydrogen) atoms. The molecule has 0 aromatic heterocycles. The molecule has 1 aliphatic heterocycles. The van der Waals surface area contributed by atoms with Gasteiger partial charge in [0.2, 0.25) is 10.0 Å². The first kappa shape index (κ1) is 18.8. The number of hydrogen-bond acceptors (Lipinski definition) is 6. The molecular formula is C18H18N4O4S. The molecule has 0 unspecified atom stereocenters. The number of hydrogen-bond donors (Lipinski definition) is 1. The molecule has 0 radical (unpaired) electrons. The van der Waals surface area contributed by atoms with Gasteiger partial charge in [0.1, 0.15) is 5.69 Å². The summed E-state index contributed by atoms with van der Waals surface area (Å²) >= 11 is 0. The molecule has 0 aliphatic carbocycles. The van der Waals surface area contributed by atoms with Gasteiger partial charge in [0.15, 0.2) is 0 Å². The number of anilines is 1. The second-order valence-electron chi connectivity index (χ2n) is 6.27. The molecule has 1 aliphatic rings. The van der Waals surface area contributed by atoms with E-state index in [0.29, 0.717) is 31.6 Å². The molecule has 0 saturated carbocycles. The fourth-order valence-electron chi connectivity index (χ4n) is 3.13. The monoisotopic (exact) mass is 386 g/mol. The molecule has 0 bridgehead atoms. The summed E-state index contributed by atoms with van der Waals surface area (Å²) in [5, 5.41) is 20.2. The fourth-order valence-corrected chi connectivity index (χ4v) is 4.46. The van der Waals surface area contributed by atoms with E-state index in [2.05, 4.69) is 4.72 Å². The lowest BCUT2D eigenvalue weighted by molar-refractivity contribution is -0.384. The van der Waals surface area contributed by atoms with Crippen LogP contribution in [0.1, 0.15) is 18.4 Å². The first-order valence-corrected chi connectivity index (χ1v) is 9.90. The zero-order valence-corrected chi connectivity index (χ0v) is 15.2. The van der Waals surface area contributed by atoms with Gasteiger partial charge in [-0.3, -0.25) is 10.1 Å². The van der Waals surface area contributed by atoms with E-state index >= 15 is 0 Å². The Morgan fingerprint density at radius 1 is 1.15 bits per heavy atom. The summed E-state index contributed by atoms with van der Waals surface area (Å²) in [7, 11) is -3.59. The Morgan fingerprint density at radius 3 is 2.41 bits per heavy atom. The van der Waals surface area contributed by atoms with Gasteiger partial charge in [-0.1, -0.05) is 18.2 Å². The molecule has 0 atom stereocenters. The number of nitro groups is 1. The molecule has 1 heterocycles. The van der Waals surface area contributed by atoms with Crippen LogP contribution in [0.5, 0.6) is 0 Å². The van der Waals surface area contributed by atoms with Crippen molar-refractivity contribution in [3.8, 4) is 6.07 Å². The third-order valence-electron chi connectivity index (χ3n) is 4.51. The van der Waals surface area contributed by atoms with E-state index in [1.165, 1.54) is 18.2 Å². The molecular weight excluding hydrogens is 368 g/mol. The molecule has 3 rings (SSSR count). The standard InChI is InChI=1S/C18H18N4O4S/c19-13-14-6-7-17(18(12-14)22(23)24)21-10-8-15(9-11-21)20-27(25,26)16-4-2-1-3-5-16/h1-7,12,15,20H,8-11H2. The van der Waals surface area contributed by atoms with E-state index in [1.807, 2.05) is 11.0 Å². The van der Waals surface area contributed by atoms with Crippen LogP contribution in [-0.4, -0.2) is 32.5 Å². The van der Waals surface area contributed by atoms with Crippen LogP contribution in [0, 0.1) is 21.4 Å². The van der Waals surface area contributed by atoms with E-state index in [4.69, 9.17) is 5.26 Å². The molecule has 0 spiro atoms. The minimum atomic E-state index is -3.59. The SMILES string of the molecule is N#Cc1ccc(N2CCC(NS(=O)(=O)c3ccccc3)CC2)c([N+](=O)[O-])c1. The molecule has 2 aromatic carbocycles. The van der Waals surface area contributed by atoms with Gasteiger partial charge in [0.25, 0.3) is 5.69 Å². The Morgan fingerprint density at radius 2 is 1.81 bits per heavy atom. The molecule has 1 N–H and O–H groups in total. The maximum atomic E-state index is 12.4. The second-order valence-corrected chi connectivity index (χ2v) is 7.98. The molecule has 1 saturated heterocycles. The normalized spacial score (nSPS) is 15.3. The maximum Gasteiger partial charge on any atom is 0.293 e. The van der Waals surface area contributed by atoms with Crippen molar-refractivity contribution in [3.63, 3.8) is 0 Å². The number of nitrogens with zero attached hydrogens (tertiary/aromatic N) is 3. The molecule has 1 fully saturated rings. The number of sulfonamides is 1. The molecule has 140 valence electrons. The van der Waals surface area contributed by atoms with Gasteiger partial charge in [-0.05, 0) is 37.1 Å². The third-order valence-corrected chi connectivity index (χ3v) is 6.05. The Labute approximate surface area is 157 Å². The van der Waals surface area contributed by atoms with Crippen molar-refractivity contribution in [2.45, 2.75) is 23.8 Å². The van der Waals surface area contributed by atoms with Gasteiger partial charge >= 0.3 is 0 Å². The lowest BCUT2D eigenvalue weighted by atomic mass is 10.0. The van der Waals surface area contributed by atoms with Crippen LogP contribution in [0.25, 0.3) is 0 Å². The van der Waals surface area contributed by atoms with Crippen molar-refractivity contribution in [1.82, 2.24) is 4.72 Å². The minimum Gasteiger partial charge on any atom is -0.366 e. The van der Waals surface area contributed by atoms with Gasteiger partial charge in [-0.15, -0.1) is 0 Å². The van der Waals surface area contributed by atoms with Crippen LogP contribution < -0.4 is 9.62 Å². The van der Waals surface area contributed by atoms with Crippen LogP contribution >= 0.6 is 0 Å². The topological polar surface area (TPSA) is 116 Å². The van der Waals surface area contributed by atoms with E-state index < -0.39 is 14.9 Å². The van der Waals surface area contributed by atoms with Gasteiger partial charge in [-0.25, -0.2) is 13.1 Å². The molecule has 2 aromatic rings. The van der Waals surface area contributed by atoms with Crippen LogP contribution in [0.2, 0.25) is 0 Å². The molecule has 0 amide bonds. The van der Waals surface area contributed by atoms with Crippen LogP contribution in [0.15, 0.2) is 53.4 Å². The minimum absolute atomic E-state index is 0.114. The van der Waals surface area contributed by atoms with Crippen molar-refractivity contribution in [3.05, 3.63) is 64.2 Å². The Kier molecular flexibility index (Phi) is 5.39. The quantitative estimate of drug-likeness (QED) is 0.623. The highest BCUT2D eigenvalue weighted by molar-refractivity contribution is 7.89. The number of rotatable bonds is 5. The summed E-state index contributed by atoms with van der Waals surface area (Å²) < 4.78 is 27.6. The van der Waals surface area contributed by atoms with E-state index in [1.54, 1.807) is 30.3 Å². The zero-order valence-electron chi connectivity index (χ0n) is 14.4. The maximum absolute atomic E-state index is 12.4. The van der Waals surface area contributed by atoms with Crippen LogP contribution in [0.4, 0.5) is 11.4 Å². The number of nitriles is 1. The van der Waals surface area contributed by atoms with Gasteiger partial charge in [-0.2, -0.15) is 5.26 Å². The van der Waals surface area contributed by atoms with Crippen LogP contribution in [0.3, 0.4) is 0 Å². The first-order chi connectivity index (χ1) is 12.9. The first-order valence-electron chi connectivity index (χ1n) is 8.41. The summed E-state index contributed by atoms with van der Waals surface area (Å²) in [6.45, 7) is 0.962. The van der Waals surface area contributed by atoms with Crippen molar-refractivity contribution in [2.24, 2.45) is 0 Å². The van der Waals surface area contributed by atoms with E-state index in [9.17, 15) is 18.5 Å². The smallest absolute Gasteiger partial charge is 0.293 e. The third kappa shape index (κ3) is 4.24. The van der Waals surface area contributed by atoms with Gasteiger partial charge < -0.3 is 4.90 Å². The van der Waals surface area contributed by atoms with Gasteiger partial charge in [0, 0.05) is 25.2 Å². The predicted octanol–water partition coefficient (Wildman–Crippen LogP) is 2.41. The summed E-state index contributed by atoms with van der Waals surface area (Å²) in [4.78, 5) is 12.9. The fraction of sp³-hybridized carbons (Fsp3) is 0.278. The highest BCUT2D eigenvalue weighted by Crippen LogP contribution is 2.31. The van der Waals surface area contributed by atoms with Crippen molar-refractivity contribution in [1.29, 1.82) is 5.26 Å². The Balaban J connectivity index is 1.70. The Hall–Kier alpha value is -2.96. The van der Waals surface area contributed by atoms with Crippen molar-refractivity contribution in [2.75, 3.05) is 18.0 Å². The van der Waals surface area contributed by atoms with Crippen molar-refractivity contribution >= 4 is 21.4 Å². The largest absolute Gasteiger partial charge is 0.366 e. The lowest BCUT2D eigenvalue weighted by Crippen LogP contribution is -2.44. The van der Waals surface area contributed by atoms with Crippen molar-refractivity contribution < 1.29 is 13.3 Å². The number of piperidine rings is 1. The summed E-state index contributed by atoms with van der Waals surface area (Å²) in [6, 6.07) is 14.2. The number of nitrogens with one attached hydrogen (secondary N) is 1. The summed E-state index contributed by atoms with van der Waals surface area (Å²) in [5.74, 6) is 0. The molecule has 9 heteroatoms. The number of nitro benzene ring substituents is 1. The highest BCUT2D eigenvalue weighted by Gasteiger charge is 2.27. The van der Waals surface area contributed by atoms with E-state index in [0.717, 1.165) is 0 Å². The highest BCUT2D eigenvalue weighted by atomic mass is 32.2. The predicted molar refractivity (Wildman–Crippen MR) is 99.8 cm³/mol. The van der Waals surface area contributed by atoms with Gasteiger partial charge in [0.05, 0.1) is 21.5 Å². The average molecular weight is 386 g/mol. The Bertz CT molecular complexity index is 978. The number of benzene rings is 2. The summed E-state index contributed by atoms with van der Waals surface area (Å²) in [5.41, 5.74) is 0.566. The second kappa shape index (κ2) is 7.73. The summed E-state index contributed by atoms with van der Waals surface area (Å²) in [6.07, 6.45) is 1.06. The van der Waals surface area contributed by atoms with Crippen LogP contribution in [-0.2, 0) is 10.0 Å². The molecule has 8 nitrogen and oxygen atoms in total. The lowest BCUT2D eigenvalue weighted by Gasteiger charge is -2.33. The van der Waals surface area contributed by atoms with E-state index in [-0.39, 0.29) is 22.2 Å². The zero-order chi connectivity index (χ0) is 19.4.